The lowest BCUT2D eigenvalue weighted by atomic mass is 10.1. The third-order valence-corrected chi connectivity index (χ3v) is 6.09. The molecule has 0 aliphatic carbocycles. The summed E-state index contributed by atoms with van der Waals surface area (Å²) >= 11 is -0.171. The van der Waals surface area contributed by atoms with Crippen LogP contribution < -0.4 is 0 Å². The summed E-state index contributed by atoms with van der Waals surface area (Å²) in [6.45, 7) is 16.5. The predicted molar refractivity (Wildman–Crippen MR) is 60.1 cm³/mol. The van der Waals surface area contributed by atoms with Crippen molar-refractivity contribution >= 4 is 15.7 Å². The van der Waals surface area contributed by atoms with E-state index in [9.17, 15) is 0 Å². The van der Waals surface area contributed by atoms with E-state index < -0.39 is 0 Å². The summed E-state index contributed by atoms with van der Waals surface area (Å²) < 4.78 is 5.36. The molecular formula is C10H23AlN2. The van der Waals surface area contributed by atoms with Crippen molar-refractivity contribution in [1.82, 2.24) is 7.77 Å². The van der Waals surface area contributed by atoms with Crippen LogP contribution in [0.4, 0.5) is 0 Å². The molecule has 0 unspecified atom stereocenters. The third kappa shape index (κ3) is 2.96. The highest BCUT2D eigenvalue weighted by Gasteiger charge is 2.35. The van der Waals surface area contributed by atoms with Gasteiger partial charge in [0.05, 0.1) is 0 Å². The minimum atomic E-state index is -0.171. The largest absolute Gasteiger partial charge is 0.464 e. The van der Waals surface area contributed by atoms with Gasteiger partial charge in [0.15, 0.2) is 0 Å². The fourth-order valence-electron chi connectivity index (χ4n) is 1.68. The van der Waals surface area contributed by atoms with E-state index in [2.05, 4.69) is 49.3 Å². The maximum atomic E-state index is 2.68. The Kier molecular flexibility index (Phi) is 3.15. The van der Waals surface area contributed by atoms with Crippen molar-refractivity contribution in [3.8, 4) is 0 Å². The Morgan fingerprint density at radius 3 is 1.23 bits per heavy atom. The zero-order valence-electron chi connectivity index (χ0n) is 10.0. The van der Waals surface area contributed by atoms with Crippen molar-refractivity contribution in [3.05, 3.63) is 0 Å². The Balaban J connectivity index is 2.55. The second-order valence-electron chi connectivity index (χ2n) is 6.01. The Bertz CT molecular complexity index is 158. The molecule has 1 aliphatic rings. The summed E-state index contributed by atoms with van der Waals surface area (Å²) in [6, 6.07) is 0. The first-order chi connectivity index (χ1) is 5.71. The summed E-state index contributed by atoms with van der Waals surface area (Å²) in [4.78, 5) is 0. The zero-order chi connectivity index (χ0) is 10.3. The molecule has 1 rings (SSSR count). The van der Waals surface area contributed by atoms with E-state index in [0.717, 1.165) is 0 Å². The molecule has 0 amide bonds. The molecule has 0 saturated carbocycles. The number of hydrogen-bond acceptors (Lipinski definition) is 2. The van der Waals surface area contributed by atoms with E-state index in [1.807, 2.05) is 0 Å². The number of hydrogen-bond donors (Lipinski definition) is 0. The summed E-state index contributed by atoms with van der Waals surface area (Å²) in [5, 5.41) is 0. The second-order valence-corrected chi connectivity index (χ2v) is 7.82. The molecule has 0 aromatic carbocycles. The maximum Gasteiger partial charge on any atom is 0.464 e. The fourth-order valence-corrected chi connectivity index (χ4v) is 3.51. The standard InChI is InChI=1S/C10H22N2.Al.H/c1-9(2,3)11-7-8-12-10(4,5)6;;/h7-8H2,1-6H3;;/q-2;+2;. The molecule has 0 N–H and O–H groups in total. The van der Waals surface area contributed by atoms with Crippen LogP contribution in [0, 0.1) is 0 Å². The van der Waals surface area contributed by atoms with E-state index in [-0.39, 0.29) is 15.7 Å². The molecule has 76 valence electrons. The average molecular weight is 198 g/mol. The molecule has 13 heavy (non-hydrogen) atoms. The first-order valence-electron chi connectivity index (χ1n) is 5.21. The van der Waals surface area contributed by atoms with Gasteiger partial charge in [-0.3, -0.25) is 0 Å². The van der Waals surface area contributed by atoms with E-state index in [1.54, 1.807) is 0 Å². The van der Waals surface area contributed by atoms with E-state index in [1.165, 1.54) is 13.1 Å². The van der Waals surface area contributed by atoms with Gasteiger partial charge in [0.2, 0.25) is 0 Å². The van der Waals surface area contributed by atoms with Crippen molar-refractivity contribution in [2.24, 2.45) is 0 Å². The van der Waals surface area contributed by atoms with Crippen LogP contribution >= 0.6 is 0 Å². The van der Waals surface area contributed by atoms with Crippen molar-refractivity contribution < 1.29 is 0 Å². The van der Waals surface area contributed by atoms with Gasteiger partial charge in [-0.2, -0.15) is 0 Å². The predicted octanol–water partition coefficient (Wildman–Crippen LogP) is 1.47. The highest BCUT2D eigenvalue weighted by molar-refractivity contribution is 6.30. The minimum Gasteiger partial charge on any atom is -0.368 e. The fraction of sp³-hybridized carbons (Fsp3) is 1.00. The second kappa shape index (κ2) is 3.55. The zero-order valence-corrected chi connectivity index (χ0v) is 11.4. The molecule has 3 heteroatoms. The summed E-state index contributed by atoms with van der Waals surface area (Å²) in [7, 11) is 0. The van der Waals surface area contributed by atoms with Gasteiger partial charge in [0.25, 0.3) is 0 Å². The van der Waals surface area contributed by atoms with Crippen LogP contribution in [-0.4, -0.2) is 47.6 Å². The molecule has 0 spiro atoms. The number of nitrogens with zero attached hydrogens (tertiary/aromatic N) is 2. The lowest BCUT2D eigenvalue weighted by Crippen LogP contribution is -2.47. The Hall–Kier alpha value is 0.452. The van der Waals surface area contributed by atoms with Gasteiger partial charge in [-0.25, -0.2) is 0 Å². The molecule has 0 aromatic rings. The third-order valence-electron chi connectivity index (χ3n) is 2.88. The first-order valence-corrected chi connectivity index (χ1v) is 6.48. The summed E-state index contributed by atoms with van der Waals surface area (Å²) in [6.07, 6.45) is 0. The van der Waals surface area contributed by atoms with Crippen LogP contribution in [-0.2, 0) is 0 Å². The Morgan fingerprint density at radius 2 is 1.08 bits per heavy atom. The average Bonchev–Trinajstić information content (AvgIpc) is 2.28. The van der Waals surface area contributed by atoms with E-state index in [4.69, 9.17) is 0 Å². The van der Waals surface area contributed by atoms with Crippen LogP contribution in [0.15, 0.2) is 0 Å². The SMILES string of the molecule is CC(C)(C)[N]1CC[N](C(C)(C)C)[AlH]1. The van der Waals surface area contributed by atoms with E-state index in [0.29, 0.717) is 11.1 Å². The van der Waals surface area contributed by atoms with Crippen molar-refractivity contribution in [2.75, 3.05) is 13.1 Å². The molecule has 1 fully saturated rings. The lowest BCUT2D eigenvalue weighted by molar-refractivity contribution is 0.271. The summed E-state index contributed by atoms with van der Waals surface area (Å²) in [5.74, 6) is 0. The summed E-state index contributed by atoms with van der Waals surface area (Å²) in [5.41, 5.74) is 0.762. The maximum absolute atomic E-state index is 2.68. The molecule has 0 atom stereocenters. The molecule has 0 radical (unpaired) electrons. The molecule has 2 nitrogen and oxygen atoms in total. The van der Waals surface area contributed by atoms with Gasteiger partial charge in [-0.1, -0.05) is 0 Å². The lowest BCUT2D eigenvalue weighted by Gasteiger charge is -2.35. The van der Waals surface area contributed by atoms with Gasteiger partial charge >= 0.3 is 15.7 Å². The molecular weight excluding hydrogens is 175 g/mol. The van der Waals surface area contributed by atoms with Gasteiger partial charge < -0.3 is 7.77 Å². The van der Waals surface area contributed by atoms with E-state index >= 15 is 0 Å². The van der Waals surface area contributed by atoms with Gasteiger partial charge in [0.1, 0.15) is 0 Å². The first kappa shape index (κ1) is 11.5. The molecule has 1 aliphatic heterocycles. The number of rotatable bonds is 0. The van der Waals surface area contributed by atoms with Crippen LogP contribution in [0.25, 0.3) is 0 Å². The van der Waals surface area contributed by atoms with Gasteiger partial charge in [-0.05, 0) is 65.7 Å². The topological polar surface area (TPSA) is 6.48 Å². The van der Waals surface area contributed by atoms with Crippen LogP contribution in [0.1, 0.15) is 41.5 Å². The van der Waals surface area contributed by atoms with Crippen LogP contribution in [0.5, 0.6) is 0 Å². The Morgan fingerprint density at radius 1 is 0.769 bits per heavy atom. The van der Waals surface area contributed by atoms with Crippen LogP contribution in [0.2, 0.25) is 0 Å². The smallest absolute Gasteiger partial charge is 0.368 e. The quantitative estimate of drug-likeness (QED) is 0.544. The van der Waals surface area contributed by atoms with Crippen molar-refractivity contribution in [1.29, 1.82) is 0 Å². The molecule has 0 aromatic heterocycles. The molecule has 1 saturated heterocycles. The van der Waals surface area contributed by atoms with Crippen molar-refractivity contribution in [2.45, 2.75) is 52.6 Å². The molecule has 0 bridgehead atoms. The Labute approximate surface area is 89.4 Å². The van der Waals surface area contributed by atoms with Gasteiger partial charge in [-0.15, -0.1) is 0 Å². The van der Waals surface area contributed by atoms with Crippen molar-refractivity contribution in [3.63, 3.8) is 0 Å². The monoisotopic (exact) mass is 198 g/mol. The minimum absolute atomic E-state index is 0.171. The van der Waals surface area contributed by atoms with Crippen LogP contribution in [0.3, 0.4) is 0 Å². The highest BCUT2D eigenvalue weighted by atomic mass is 27.1. The normalized spacial score (nSPS) is 22.0. The molecule has 1 heterocycles. The van der Waals surface area contributed by atoms with Gasteiger partial charge in [0, 0.05) is 0 Å². The highest BCUT2D eigenvalue weighted by Crippen LogP contribution is 2.22.